The molecule has 0 unspecified atom stereocenters. The Morgan fingerprint density at radius 1 is 0.647 bits per heavy atom. The van der Waals surface area contributed by atoms with Gasteiger partial charge in [0.2, 0.25) is 0 Å². The largest absolute Gasteiger partial charge is 0.534 e. The molecule has 6 nitrogen and oxygen atoms in total. The van der Waals surface area contributed by atoms with E-state index in [1.165, 1.54) is 0 Å². The molecule has 0 atom stereocenters. The smallest absolute Gasteiger partial charge is 0.455 e. The molecule has 5 aromatic rings. The van der Waals surface area contributed by atoms with Crippen molar-refractivity contribution in [2.24, 2.45) is 0 Å². The highest BCUT2D eigenvalue weighted by atomic mass is 16.7. The molecule has 1 saturated heterocycles. The molecule has 0 radical (unpaired) electrons. The first-order chi connectivity index (χ1) is 16.3. The van der Waals surface area contributed by atoms with Crippen LogP contribution in [0.15, 0.2) is 77.2 Å². The van der Waals surface area contributed by atoms with Crippen molar-refractivity contribution in [2.45, 2.75) is 38.9 Å². The molecule has 6 rings (SSSR count). The Morgan fingerprint density at radius 3 is 2.06 bits per heavy atom. The predicted molar refractivity (Wildman–Crippen MR) is 134 cm³/mol. The molecule has 1 aliphatic heterocycles. The fourth-order valence-corrected chi connectivity index (χ4v) is 4.21. The lowest BCUT2D eigenvalue weighted by atomic mass is 9.89. The second-order valence-corrected chi connectivity index (χ2v) is 9.58. The van der Waals surface area contributed by atoms with E-state index in [4.69, 9.17) is 28.7 Å². The van der Waals surface area contributed by atoms with Crippen molar-refractivity contribution in [3.8, 4) is 22.8 Å². The number of benzene rings is 3. The summed E-state index contributed by atoms with van der Waals surface area (Å²) < 4.78 is 18.8. The van der Waals surface area contributed by atoms with Gasteiger partial charge in [0, 0.05) is 16.3 Å². The maximum atomic E-state index is 6.27. The Hall–Kier alpha value is -3.55. The number of aromatic nitrogens is 3. The highest BCUT2D eigenvalue weighted by Gasteiger charge is 2.53. The van der Waals surface area contributed by atoms with Gasteiger partial charge in [-0.15, -0.1) is 0 Å². The summed E-state index contributed by atoms with van der Waals surface area (Å²) >= 11 is 0. The minimum atomic E-state index is -0.705. The van der Waals surface area contributed by atoms with Crippen molar-refractivity contribution in [3.63, 3.8) is 0 Å². The van der Waals surface area contributed by atoms with Crippen molar-refractivity contribution < 1.29 is 13.7 Å². The number of para-hydroxylation sites is 2. The lowest BCUT2D eigenvalue weighted by molar-refractivity contribution is 0.00578. The van der Waals surface area contributed by atoms with Crippen LogP contribution in [0.25, 0.3) is 44.7 Å². The SMILES string of the molecule is CC1(C)OB(c2nc(-c3ccccc3)nc(-c3cccc4c3oc3ccccc34)n2)OC1(C)C. The third kappa shape index (κ3) is 3.31. The zero-order chi connectivity index (χ0) is 23.5. The first-order valence-corrected chi connectivity index (χ1v) is 11.4. The van der Waals surface area contributed by atoms with Gasteiger partial charge < -0.3 is 13.7 Å². The maximum Gasteiger partial charge on any atom is 0.534 e. The van der Waals surface area contributed by atoms with Gasteiger partial charge in [-0.3, -0.25) is 0 Å². The molecule has 1 fully saturated rings. The standard InChI is InChI=1S/C27H24BN3O3/c1-26(2)27(3,4)34-28(33-26)25-30-23(17-11-6-5-7-12-17)29-24(31-25)20-15-10-14-19-18-13-8-9-16-21(18)32-22(19)20/h5-16H,1-4H3. The van der Waals surface area contributed by atoms with Crippen molar-refractivity contribution in [2.75, 3.05) is 0 Å². The number of nitrogens with zero attached hydrogens (tertiary/aromatic N) is 3. The minimum absolute atomic E-state index is 0.440. The third-order valence-corrected chi connectivity index (χ3v) is 6.79. The van der Waals surface area contributed by atoms with E-state index >= 15 is 0 Å². The zero-order valence-corrected chi connectivity index (χ0v) is 19.6. The Morgan fingerprint density at radius 2 is 1.29 bits per heavy atom. The first kappa shape index (κ1) is 21.0. The lowest BCUT2D eigenvalue weighted by Gasteiger charge is -2.32. The van der Waals surface area contributed by atoms with Gasteiger partial charge in [-0.05, 0) is 39.8 Å². The predicted octanol–water partition coefficient (Wildman–Crippen LogP) is 5.40. The van der Waals surface area contributed by atoms with Crippen LogP contribution in [0, 0.1) is 0 Å². The van der Waals surface area contributed by atoms with Crippen molar-refractivity contribution in [1.29, 1.82) is 0 Å². The number of hydrogen-bond donors (Lipinski definition) is 0. The molecule has 0 amide bonds. The number of fused-ring (bicyclic) bond motifs is 3. The second-order valence-electron chi connectivity index (χ2n) is 9.58. The molecule has 1 aliphatic rings. The third-order valence-electron chi connectivity index (χ3n) is 6.79. The van der Waals surface area contributed by atoms with E-state index in [9.17, 15) is 0 Å². The molecule has 3 aromatic carbocycles. The van der Waals surface area contributed by atoms with Crippen molar-refractivity contribution in [1.82, 2.24) is 15.0 Å². The Kier molecular flexibility index (Phi) is 4.63. The van der Waals surface area contributed by atoms with E-state index in [2.05, 4.69) is 12.1 Å². The quantitative estimate of drug-likeness (QED) is 0.344. The summed E-state index contributed by atoms with van der Waals surface area (Å²) in [6.07, 6.45) is 0. The molecular weight excluding hydrogens is 425 g/mol. The van der Waals surface area contributed by atoms with Gasteiger partial charge in [0.1, 0.15) is 11.2 Å². The van der Waals surface area contributed by atoms with Crippen molar-refractivity contribution >= 4 is 34.8 Å². The van der Waals surface area contributed by atoms with E-state index in [1.807, 2.05) is 88.4 Å². The average molecular weight is 449 g/mol. The number of furan rings is 1. The van der Waals surface area contributed by atoms with Crippen LogP contribution in [0.4, 0.5) is 0 Å². The topological polar surface area (TPSA) is 70.3 Å². The molecule has 34 heavy (non-hydrogen) atoms. The van der Waals surface area contributed by atoms with Crippen LogP contribution >= 0.6 is 0 Å². The van der Waals surface area contributed by atoms with Crippen LogP contribution in [-0.2, 0) is 9.31 Å². The van der Waals surface area contributed by atoms with Crippen LogP contribution in [0.2, 0.25) is 0 Å². The highest BCUT2D eigenvalue weighted by molar-refractivity contribution is 6.60. The summed E-state index contributed by atoms with van der Waals surface area (Å²) in [6, 6.07) is 23.9. The molecule has 0 N–H and O–H groups in total. The van der Waals surface area contributed by atoms with Crippen LogP contribution in [-0.4, -0.2) is 33.3 Å². The summed E-state index contributed by atoms with van der Waals surface area (Å²) in [5, 5.41) is 2.08. The zero-order valence-electron chi connectivity index (χ0n) is 19.6. The summed E-state index contributed by atoms with van der Waals surface area (Å²) in [7, 11) is -0.705. The monoisotopic (exact) mass is 449 g/mol. The van der Waals surface area contributed by atoms with E-state index in [0.717, 1.165) is 33.1 Å². The van der Waals surface area contributed by atoms with Crippen LogP contribution in [0.5, 0.6) is 0 Å². The van der Waals surface area contributed by atoms with Crippen molar-refractivity contribution in [3.05, 3.63) is 72.8 Å². The number of hydrogen-bond acceptors (Lipinski definition) is 6. The summed E-state index contributed by atoms with van der Waals surface area (Å²) in [4.78, 5) is 14.4. The number of rotatable bonds is 3. The fourth-order valence-electron chi connectivity index (χ4n) is 4.21. The highest BCUT2D eigenvalue weighted by Crippen LogP contribution is 2.37. The average Bonchev–Trinajstić information content (AvgIpc) is 3.32. The van der Waals surface area contributed by atoms with Gasteiger partial charge >= 0.3 is 7.12 Å². The summed E-state index contributed by atoms with van der Waals surface area (Å²) in [5.41, 5.74) is 2.69. The molecule has 3 heterocycles. The molecule has 2 aromatic heterocycles. The van der Waals surface area contributed by atoms with E-state index in [1.54, 1.807) is 0 Å². The van der Waals surface area contributed by atoms with Gasteiger partial charge in [-0.1, -0.05) is 60.7 Å². The van der Waals surface area contributed by atoms with E-state index in [-0.39, 0.29) is 0 Å². The Balaban J connectivity index is 1.56. The molecule has 0 bridgehead atoms. The lowest BCUT2D eigenvalue weighted by Crippen LogP contribution is -2.41. The molecule has 0 spiro atoms. The van der Waals surface area contributed by atoms with Gasteiger partial charge in [0.15, 0.2) is 17.4 Å². The first-order valence-electron chi connectivity index (χ1n) is 11.4. The molecule has 168 valence electrons. The van der Waals surface area contributed by atoms with Crippen LogP contribution in [0.3, 0.4) is 0 Å². The second kappa shape index (κ2) is 7.48. The maximum absolute atomic E-state index is 6.27. The van der Waals surface area contributed by atoms with Crippen LogP contribution in [0.1, 0.15) is 27.7 Å². The van der Waals surface area contributed by atoms with E-state index < -0.39 is 18.3 Å². The van der Waals surface area contributed by atoms with Gasteiger partial charge in [-0.2, -0.15) is 0 Å². The summed E-state index contributed by atoms with van der Waals surface area (Å²) in [6.45, 7) is 8.06. The Labute approximate surface area is 198 Å². The van der Waals surface area contributed by atoms with Crippen LogP contribution < -0.4 is 5.72 Å². The molecule has 7 heteroatoms. The Bertz CT molecular complexity index is 1510. The van der Waals surface area contributed by atoms with E-state index in [0.29, 0.717) is 17.4 Å². The van der Waals surface area contributed by atoms with Gasteiger partial charge in [-0.25, -0.2) is 15.0 Å². The molecule has 0 saturated carbocycles. The molecular formula is C27H24BN3O3. The van der Waals surface area contributed by atoms with Gasteiger partial charge in [0.25, 0.3) is 0 Å². The minimum Gasteiger partial charge on any atom is -0.455 e. The fraction of sp³-hybridized carbons (Fsp3) is 0.222. The normalized spacial score (nSPS) is 17.0. The summed E-state index contributed by atoms with van der Waals surface area (Å²) in [5.74, 6) is 1.08. The van der Waals surface area contributed by atoms with Gasteiger partial charge in [0.05, 0.1) is 16.8 Å². The molecule has 0 aliphatic carbocycles.